The van der Waals surface area contributed by atoms with Gasteiger partial charge in [-0.1, -0.05) is 58.3 Å². The van der Waals surface area contributed by atoms with E-state index in [0.717, 1.165) is 42.7 Å². The third-order valence-corrected chi connectivity index (χ3v) is 6.42. The van der Waals surface area contributed by atoms with E-state index in [4.69, 9.17) is 4.74 Å². The Labute approximate surface area is 186 Å². The summed E-state index contributed by atoms with van der Waals surface area (Å²) in [4.78, 5) is 26.7. The van der Waals surface area contributed by atoms with Gasteiger partial charge in [-0.15, -0.1) is 11.8 Å². The topological polar surface area (TPSA) is 46.6 Å². The lowest BCUT2D eigenvalue weighted by Gasteiger charge is -2.23. The van der Waals surface area contributed by atoms with E-state index in [0.29, 0.717) is 16.9 Å². The van der Waals surface area contributed by atoms with Crippen molar-refractivity contribution >= 4 is 23.8 Å². The average molecular weight is 460 g/mol. The Balaban J connectivity index is 2.16. The highest BCUT2D eigenvalue weighted by atomic mass is 32.2. The van der Waals surface area contributed by atoms with Crippen molar-refractivity contribution in [1.82, 2.24) is 4.90 Å². The lowest BCUT2D eigenvalue weighted by atomic mass is 9.90. The van der Waals surface area contributed by atoms with E-state index in [2.05, 4.69) is 6.92 Å². The largest absolute Gasteiger partial charge is 0.447 e. The van der Waals surface area contributed by atoms with Crippen molar-refractivity contribution < 1.29 is 27.5 Å². The van der Waals surface area contributed by atoms with E-state index in [-0.39, 0.29) is 13.2 Å². The van der Waals surface area contributed by atoms with Gasteiger partial charge < -0.3 is 4.74 Å². The molecule has 31 heavy (non-hydrogen) atoms. The Morgan fingerprint density at radius 1 is 1.13 bits per heavy atom. The average Bonchev–Trinajstić information content (AvgIpc) is 3.17. The number of cyclic esters (lactones) is 1. The third kappa shape index (κ3) is 7.44. The molecule has 0 saturated carbocycles. The van der Waals surface area contributed by atoms with Crippen LogP contribution < -0.4 is 0 Å². The fourth-order valence-electron chi connectivity index (χ4n) is 3.86. The smallest absolute Gasteiger partial charge is 0.416 e. The molecule has 0 spiro atoms. The lowest BCUT2D eigenvalue weighted by Crippen LogP contribution is -2.36. The van der Waals surface area contributed by atoms with Gasteiger partial charge in [0.05, 0.1) is 18.0 Å². The predicted molar refractivity (Wildman–Crippen MR) is 116 cm³/mol. The first-order chi connectivity index (χ1) is 14.8. The Bertz CT molecular complexity index is 739. The summed E-state index contributed by atoms with van der Waals surface area (Å²) in [6.07, 6.45) is 5.58. The number of rotatable bonds is 12. The van der Waals surface area contributed by atoms with Crippen LogP contribution in [0.3, 0.4) is 0 Å². The molecule has 174 valence electrons. The highest BCUT2D eigenvalue weighted by Crippen LogP contribution is 2.38. The van der Waals surface area contributed by atoms with E-state index < -0.39 is 29.7 Å². The second-order valence-electron chi connectivity index (χ2n) is 7.87. The van der Waals surface area contributed by atoms with Crippen molar-refractivity contribution in [3.8, 4) is 0 Å². The molecule has 1 saturated heterocycles. The number of hydrogen-bond acceptors (Lipinski definition) is 4. The number of halogens is 3. The number of thioether (sulfide) groups is 1. The van der Waals surface area contributed by atoms with Crippen LogP contribution in [-0.4, -0.2) is 36.3 Å². The third-order valence-electron chi connectivity index (χ3n) is 5.60. The number of nitrogens with zero attached hydrogens (tertiary/aromatic N) is 1. The maximum absolute atomic E-state index is 13.3. The quantitative estimate of drug-likeness (QED) is 0.249. The van der Waals surface area contributed by atoms with Crippen molar-refractivity contribution in [2.45, 2.75) is 81.7 Å². The minimum Gasteiger partial charge on any atom is -0.447 e. The monoisotopic (exact) mass is 459 g/mol. The molecule has 0 N–H and O–H groups in total. The van der Waals surface area contributed by atoms with Gasteiger partial charge in [0, 0.05) is 4.90 Å². The van der Waals surface area contributed by atoms with Gasteiger partial charge in [0.1, 0.15) is 6.61 Å². The van der Waals surface area contributed by atoms with Crippen molar-refractivity contribution in [2.24, 2.45) is 0 Å². The molecule has 2 amide bonds. The Morgan fingerprint density at radius 3 is 2.32 bits per heavy atom. The number of benzene rings is 1. The molecule has 4 nitrogen and oxygen atoms in total. The first kappa shape index (κ1) is 25.6. The Morgan fingerprint density at radius 2 is 1.77 bits per heavy atom. The fraction of sp³-hybridized carbons (Fsp3) is 0.652. The second kappa shape index (κ2) is 12.4. The molecule has 1 aromatic carbocycles. The molecule has 0 aliphatic carbocycles. The van der Waals surface area contributed by atoms with E-state index in [9.17, 15) is 22.8 Å². The number of alkyl halides is 3. The molecule has 1 aliphatic rings. The molecule has 1 atom stereocenters. The number of carbonyl (C=O) groups is 2. The van der Waals surface area contributed by atoms with Crippen LogP contribution in [-0.2, 0) is 15.7 Å². The maximum atomic E-state index is 13.3. The van der Waals surface area contributed by atoms with Crippen LogP contribution in [0, 0.1) is 0 Å². The van der Waals surface area contributed by atoms with Gasteiger partial charge >= 0.3 is 12.3 Å². The van der Waals surface area contributed by atoms with Crippen molar-refractivity contribution in [1.29, 1.82) is 0 Å². The van der Waals surface area contributed by atoms with Crippen LogP contribution in [0.2, 0.25) is 0 Å². The molecule has 0 bridgehead atoms. The molecular formula is C23H32F3NO3S. The van der Waals surface area contributed by atoms with E-state index in [1.54, 1.807) is 6.26 Å². The Hall–Kier alpha value is -1.70. The standard InChI is InChI=1S/C23H32F3NO3S/c1-3-4-5-6-7-8-9-10-11-18(21(28)27-14-15-30-22(27)29)19-16-17(23(24,25)26)12-13-20(19)31-2/h12-13,16,18H,3-11,14-15H2,1-2H3. The van der Waals surface area contributed by atoms with Crippen LogP contribution in [0.25, 0.3) is 0 Å². The van der Waals surface area contributed by atoms with E-state index in [1.165, 1.54) is 43.5 Å². The zero-order chi connectivity index (χ0) is 22.9. The summed E-state index contributed by atoms with van der Waals surface area (Å²) in [7, 11) is 0. The Kier molecular flexibility index (Phi) is 10.2. The zero-order valence-electron chi connectivity index (χ0n) is 18.3. The summed E-state index contributed by atoms with van der Waals surface area (Å²) < 4.78 is 44.9. The zero-order valence-corrected chi connectivity index (χ0v) is 19.1. The van der Waals surface area contributed by atoms with Gasteiger partial charge in [-0.05, 0) is 36.4 Å². The number of amides is 2. The van der Waals surface area contributed by atoms with Crippen molar-refractivity contribution in [3.63, 3.8) is 0 Å². The number of unbranched alkanes of at least 4 members (excludes halogenated alkanes) is 7. The first-order valence-corrected chi connectivity index (χ1v) is 12.2. The summed E-state index contributed by atoms with van der Waals surface area (Å²) in [5.41, 5.74) is -0.437. The molecule has 0 radical (unpaired) electrons. The summed E-state index contributed by atoms with van der Waals surface area (Å²) in [6.45, 7) is 2.43. The molecule has 1 heterocycles. The van der Waals surface area contributed by atoms with E-state index in [1.807, 2.05) is 0 Å². The number of ether oxygens (including phenoxy) is 1. The predicted octanol–water partition coefficient (Wildman–Crippen LogP) is 7.02. The summed E-state index contributed by atoms with van der Waals surface area (Å²) in [6, 6.07) is 3.52. The van der Waals surface area contributed by atoms with Gasteiger partial charge in [0.2, 0.25) is 5.91 Å². The molecule has 1 unspecified atom stereocenters. The molecule has 1 fully saturated rings. The van der Waals surface area contributed by atoms with Crippen LogP contribution in [0.4, 0.5) is 18.0 Å². The molecule has 1 aliphatic heterocycles. The van der Waals surface area contributed by atoms with E-state index >= 15 is 0 Å². The molecule has 8 heteroatoms. The summed E-state index contributed by atoms with van der Waals surface area (Å²) in [5, 5.41) is 0. The minimum absolute atomic E-state index is 0.118. The van der Waals surface area contributed by atoms with Gasteiger partial charge in [0.25, 0.3) is 0 Å². The SMILES string of the molecule is CCCCCCCCCCC(C(=O)N1CCOC1=O)c1cc(C(F)(F)F)ccc1SC. The van der Waals surface area contributed by atoms with Gasteiger partial charge in [-0.3, -0.25) is 4.79 Å². The molecule has 2 rings (SSSR count). The number of imide groups is 1. The van der Waals surface area contributed by atoms with Gasteiger partial charge in [0.15, 0.2) is 0 Å². The molecular weight excluding hydrogens is 427 g/mol. The van der Waals surface area contributed by atoms with Crippen LogP contribution in [0.1, 0.15) is 81.8 Å². The number of hydrogen-bond donors (Lipinski definition) is 0. The normalized spacial score (nSPS) is 15.3. The highest BCUT2D eigenvalue weighted by molar-refractivity contribution is 7.98. The van der Waals surface area contributed by atoms with Crippen molar-refractivity contribution in [2.75, 3.05) is 19.4 Å². The summed E-state index contributed by atoms with van der Waals surface area (Å²) in [5.74, 6) is -1.27. The van der Waals surface area contributed by atoms with Crippen LogP contribution in [0.5, 0.6) is 0 Å². The molecule has 0 aromatic heterocycles. The number of carbonyl (C=O) groups excluding carboxylic acids is 2. The maximum Gasteiger partial charge on any atom is 0.416 e. The van der Waals surface area contributed by atoms with Crippen molar-refractivity contribution in [3.05, 3.63) is 29.3 Å². The lowest BCUT2D eigenvalue weighted by molar-refractivity contribution is -0.138. The summed E-state index contributed by atoms with van der Waals surface area (Å²) >= 11 is 1.30. The fourth-order valence-corrected chi connectivity index (χ4v) is 4.50. The van der Waals surface area contributed by atoms with Crippen LogP contribution in [0.15, 0.2) is 23.1 Å². The van der Waals surface area contributed by atoms with Crippen LogP contribution >= 0.6 is 11.8 Å². The second-order valence-corrected chi connectivity index (χ2v) is 8.72. The molecule has 1 aromatic rings. The van der Waals surface area contributed by atoms with Gasteiger partial charge in [-0.2, -0.15) is 13.2 Å². The minimum atomic E-state index is -4.50. The highest BCUT2D eigenvalue weighted by Gasteiger charge is 2.37. The first-order valence-electron chi connectivity index (χ1n) is 11.0. The van der Waals surface area contributed by atoms with Gasteiger partial charge in [-0.25, -0.2) is 9.69 Å².